The maximum absolute atomic E-state index is 12.4. The van der Waals surface area contributed by atoms with Gasteiger partial charge in [0.15, 0.2) is 0 Å². The third kappa shape index (κ3) is 2.94. The molecular weight excluding hydrogens is 320 g/mol. The molecular formula is C16H15ClN2O4. The highest BCUT2D eigenvalue weighted by Crippen LogP contribution is 2.31. The second-order valence-electron chi connectivity index (χ2n) is 5.93. The van der Waals surface area contributed by atoms with Crippen molar-refractivity contribution in [2.45, 2.75) is 13.3 Å². The number of carboxylic acids is 1. The molecule has 0 spiro atoms. The van der Waals surface area contributed by atoms with E-state index in [9.17, 15) is 14.7 Å². The minimum absolute atomic E-state index is 0.0922. The number of amides is 1. The van der Waals surface area contributed by atoms with Crippen LogP contribution in [0.2, 0.25) is 5.02 Å². The molecule has 1 aromatic heterocycles. The standard InChI is InChI=1S/C16H15ClN2O4/c1-16(15(21)22)5-6-19(9-16)14(20)13-8-12(18-23-13)10-3-2-4-11(17)7-10/h2-4,7-8H,5-6,9H2,1H3,(H,21,22)/t16-/m1/s1. The third-order valence-corrected chi connectivity index (χ3v) is 4.35. The predicted molar refractivity (Wildman–Crippen MR) is 83.2 cm³/mol. The van der Waals surface area contributed by atoms with Gasteiger partial charge in [-0.15, -0.1) is 0 Å². The van der Waals surface area contributed by atoms with E-state index in [1.54, 1.807) is 31.2 Å². The molecule has 0 bridgehead atoms. The number of aromatic nitrogens is 1. The van der Waals surface area contributed by atoms with E-state index < -0.39 is 11.4 Å². The Morgan fingerprint density at radius 3 is 2.83 bits per heavy atom. The molecule has 1 aliphatic rings. The Morgan fingerprint density at radius 1 is 1.39 bits per heavy atom. The smallest absolute Gasteiger partial charge is 0.311 e. The first kappa shape index (κ1) is 15.6. The molecule has 1 amide bonds. The van der Waals surface area contributed by atoms with Gasteiger partial charge in [-0.05, 0) is 25.5 Å². The molecule has 3 rings (SSSR count). The number of halogens is 1. The summed E-state index contributed by atoms with van der Waals surface area (Å²) >= 11 is 5.94. The number of hydrogen-bond acceptors (Lipinski definition) is 4. The summed E-state index contributed by atoms with van der Waals surface area (Å²) in [6.45, 7) is 2.18. The average Bonchev–Trinajstić information content (AvgIpc) is 3.14. The Labute approximate surface area is 137 Å². The summed E-state index contributed by atoms with van der Waals surface area (Å²) in [7, 11) is 0. The number of rotatable bonds is 3. The van der Waals surface area contributed by atoms with Crippen LogP contribution in [-0.2, 0) is 4.79 Å². The van der Waals surface area contributed by atoms with Gasteiger partial charge in [-0.25, -0.2) is 0 Å². The van der Waals surface area contributed by atoms with Crippen LogP contribution in [0.4, 0.5) is 0 Å². The summed E-state index contributed by atoms with van der Waals surface area (Å²) in [6.07, 6.45) is 0.420. The lowest BCUT2D eigenvalue weighted by atomic mass is 9.90. The molecule has 1 atom stereocenters. The Balaban J connectivity index is 1.79. The van der Waals surface area contributed by atoms with E-state index in [1.807, 2.05) is 6.07 Å². The van der Waals surface area contributed by atoms with Crippen molar-refractivity contribution in [2.24, 2.45) is 5.41 Å². The molecule has 2 aromatic rings. The van der Waals surface area contributed by atoms with Gasteiger partial charge in [0.2, 0.25) is 5.76 Å². The maximum Gasteiger partial charge on any atom is 0.311 e. The third-order valence-electron chi connectivity index (χ3n) is 4.12. The van der Waals surface area contributed by atoms with Crippen LogP contribution in [0.5, 0.6) is 0 Å². The Morgan fingerprint density at radius 2 is 2.17 bits per heavy atom. The van der Waals surface area contributed by atoms with E-state index in [4.69, 9.17) is 16.1 Å². The summed E-state index contributed by atoms with van der Waals surface area (Å²) in [6, 6.07) is 8.62. The minimum Gasteiger partial charge on any atom is -0.481 e. The van der Waals surface area contributed by atoms with Crippen LogP contribution >= 0.6 is 11.6 Å². The molecule has 0 radical (unpaired) electrons. The van der Waals surface area contributed by atoms with Crippen LogP contribution in [-0.4, -0.2) is 40.1 Å². The van der Waals surface area contributed by atoms with E-state index in [2.05, 4.69) is 5.16 Å². The van der Waals surface area contributed by atoms with Crippen molar-refractivity contribution < 1.29 is 19.2 Å². The van der Waals surface area contributed by atoms with E-state index in [-0.39, 0.29) is 18.2 Å². The number of aliphatic carboxylic acids is 1. The van der Waals surface area contributed by atoms with Crippen LogP contribution < -0.4 is 0 Å². The molecule has 6 nitrogen and oxygen atoms in total. The van der Waals surface area contributed by atoms with E-state index in [0.717, 1.165) is 5.56 Å². The SMILES string of the molecule is C[C@@]1(C(=O)O)CCN(C(=O)c2cc(-c3cccc(Cl)c3)no2)C1. The fourth-order valence-corrected chi connectivity index (χ4v) is 2.81. The summed E-state index contributed by atoms with van der Waals surface area (Å²) < 4.78 is 5.13. The number of nitrogens with zero attached hydrogens (tertiary/aromatic N) is 2. The Bertz CT molecular complexity index is 773. The lowest BCUT2D eigenvalue weighted by Gasteiger charge is -2.19. The highest BCUT2D eigenvalue weighted by atomic mass is 35.5. The van der Waals surface area contributed by atoms with Crippen LogP contribution in [0.15, 0.2) is 34.9 Å². The molecule has 1 saturated heterocycles. The number of benzene rings is 1. The van der Waals surface area contributed by atoms with Gasteiger partial charge < -0.3 is 14.5 Å². The fourth-order valence-electron chi connectivity index (χ4n) is 2.62. The zero-order valence-electron chi connectivity index (χ0n) is 12.5. The minimum atomic E-state index is -0.911. The zero-order chi connectivity index (χ0) is 16.6. The van der Waals surface area contributed by atoms with E-state index in [1.165, 1.54) is 4.90 Å². The summed E-state index contributed by atoms with van der Waals surface area (Å²) in [5.74, 6) is -1.16. The van der Waals surface area contributed by atoms with Crippen molar-refractivity contribution >= 4 is 23.5 Å². The van der Waals surface area contributed by atoms with Crippen molar-refractivity contribution in [3.05, 3.63) is 41.1 Å². The second-order valence-corrected chi connectivity index (χ2v) is 6.37. The van der Waals surface area contributed by atoms with Crippen LogP contribution in [0.1, 0.15) is 23.9 Å². The molecule has 1 aliphatic heterocycles. The molecule has 1 N–H and O–H groups in total. The van der Waals surface area contributed by atoms with Crippen molar-refractivity contribution in [1.82, 2.24) is 10.1 Å². The largest absolute Gasteiger partial charge is 0.481 e. The first-order valence-corrected chi connectivity index (χ1v) is 7.52. The highest BCUT2D eigenvalue weighted by molar-refractivity contribution is 6.30. The lowest BCUT2D eigenvalue weighted by Crippen LogP contribution is -2.34. The summed E-state index contributed by atoms with van der Waals surface area (Å²) in [4.78, 5) is 25.2. The Hall–Kier alpha value is -2.34. The maximum atomic E-state index is 12.4. The first-order valence-electron chi connectivity index (χ1n) is 7.14. The van der Waals surface area contributed by atoms with E-state index in [0.29, 0.717) is 23.7 Å². The van der Waals surface area contributed by atoms with Crippen molar-refractivity contribution in [3.8, 4) is 11.3 Å². The molecule has 0 aliphatic carbocycles. The molecule has 23 heavy (non-hydrogen) atoms. The van der Waals surface area contributed by atoms with Gasteiger partial charge in [0.1, 0.15) is 5.69 Å². The van der Waals surface area contributed by atoms with Gasteiger partial charge in [0, 0.05) is 29.7 Å². The number of carbonyl (C=O) groups excluding carboxylic acids is 1. The van der Waals surface area contributed by atoms with Crippen LogP contribution in [0, 0.1) is 5.41 Å². The lowest BCUT2D eigenvalue weighted by molar-refractivity contribution is -0.147. The molecule has 0 unspecified atom stereocenters. The number of carbonyl (C=O) groups is 2. The number of likely N-dealkylation sites (tertiary alicyclic amines) is 1. The van der Waals surface area contributed by atoms with Crippen LogP contribution in [0.25, 0.3) is 11.3 Å². The molecule has 0 saturated carbocycles. The second kappa shape index (κ2) is 5.70. The van der Waals surface area contributed by atoms with Crippen LogP contribution in [0.3, 0.4) is 0 Å². The quantitative estimate of drug-likeness (QED) is 0.933. The summed E-state index contributed by atoms with van der Waals surface area (Å²) in [5.41, 5.74) is 0.346. The monoisotopic (exact) mass is 334 g/mol. The van der Waals surface area contributed by atoms with Gasteiger partial charge in [0.25, 0.3) is 5.91 Å². The Kier molecular flexibility index (Phi) is 3.85. The topological polar surface area (TPSA) is 83.6 Å². The molecule has 1 aromatic carbocycles. The molecule has 7 heteroatoms. The zero-order valence-corrected chi connectivity index (χ0v) is 13.2. The fraction of sp³-hybridized carbons (Fsp3) is 0.312. The molecule has 120 valence electrons. The summed E-state index contributed by atoms with van der Waals surface area (Å²) in [5, 5.41) is 13.7. The first-order chi connectivity index (χ1) is 10.9. The van der Waals surface area contributed by atoms with Gasteiger partial charge >= 0.3 is 5.97 Å². The van der Waals surface area contributed by atoms with Gasteiger partial charge in [-0.2, -0.15) is 0 Å². The number of hydrogen-bond donors (Lipinski definition) is 1. The van der Waals surface area contributed by atoms with Gasteiger partial charge in [0.05, 0.1) is 5.41 Å². The predicted octanol–water partition coefficient (Wildman–Crippen LogP) is 2.93. The normalized spacial score (nSPS) is 20.7. The van der Waals surface area contributed by atoms with Crippen molar-refractivity contribution in [2.75, 3.05) is 13.1 Å². The van der Waals surface area contributed by atoms with Gasteiger partial charge in [-0.1, -0.05) is 28.9 Å². The highest BCUT2D eigenvalue weighted by Gasteiger charge is 2.42. The molecule has 2 heterocycles. The molecule has 1 fully saturated rings. The average molecular weight is 335 g/mol. The van der Waals surface area contributed by atoms with E-state index >= 15 is 0 Å². The van der Waals surface area contributed by atoms with Crippen molar-refractivity contribution in [1.29, 1.82) is 0 Å². The number of carboxylic acid groups (broad SMARTS) is 1. The van der Waals surface area contributed by atoms with Crippen molar-refractivity contribution in [3.63, 3.8) is 0 Å². The van der Waals surface area contributed by atoms with Gasteiger partial charge in [-0.3, -0.25) is 9.59 Å².